The van der Waals surface area contributed by atoms with E-state index in [0.717, 1.165) is 20.1 Å². The minimum absolute atomic E-state index is 0.0764. The number of rotatable bonds is 4. The SMILES string of the molecule is CC1(C[C]2=C(Br)C=[C](Cl)[In]2)CC1C(N)=O.O=[S-](=O)c1ccccc1. The molecule has 4 nitrogen and oxygen atoms in total. The fourth-order valence-electron chi connectivity index (χ4n) is 2.64. The monoisotopic (exact) mass is 531 g/mol. The molecule has 0 bridgehead atoms. The summed E-state index contributed by atoms with van der Waals surface area (Å²) in [7, 11) is -2.08. The van der Waals surface area contributed by atoms with E-state index in [-0.39, 0.29) is 17.2 Å². The van der Waals surface area contributed by atoms with Crippen LogP contribution in [0.1, 0.15) is 19.8 Å². The summed E-state index contributed by atoms with van der Waals surface area (Å²) in [5.74, 6) is -0.0772. The summed E-state index contributed by atoms with van der Waals surface area (Å²) in [5, 5.41) is 0. The Morgan fingerprint density at radius 2 is 2.04 bits per heavy atom. The minimum atomic E-state index is -2.08. The van der Waals surface area contributed by atoms with Crippen molar-refractivity contribution >= 4 is 67.0 Å². The van der Waals surface area contributed by atoms with Gasteiger partial charge in [-0.2, -0.15) is 0 Å². The van der Waals surface area contributed by atoms with Crippen molar-refractivity contribution in [2.75, 3.05) is 0 Å². The molecule has 0 aromatic heterocycles. The smallest absolute Gasteiger partial charge is 0.0469 e. The molecule has 0 saturated heterocycles. The molecule has 0 spiro atoms. The molecule has 2 aliphatic rings. The number of benzene rings is 1. The molecule has 2 N–H and O–H groups in total. The molecule has 3 rings (SSSR count). The standard InChI is InChI=1S/C10H11BrClNO.C6H5O2S.In/c1-10(6-8(10)9(13)14)4-2-7(11)3-5-12;7-9(8)6-4-2-1-3-5-6;/h3,8H,4,6H2,1H3,(H2,13,14);1-5H;/q;-1;. The van der Waals surface area contributed by atoms with Crippen molar-refractivity contribution in [2.24, 2.45) is 17.1 Å². The number of primary amides is 1. The Labute approximate surface area is 168 Å². The first kappa shape index (κ1) is 20.1. The van der Waals surface area contributed by atoms with Crippen LogP contribution in [0.5, 0.6) is 0 Å². The van der Waals surface area contributed by atoms with Gasteiger partial charge in [0.1, 0.15) is 0 Å². The molecule has 8 heteroatoms. The van der Waals surface area contributed by atoms with Gasteiger partial charge in [0.05, 0.1) is 0 Å². The minimum Gasteiger partial charge on any atom is -0.420 e. The van der Waals surface area contributed by atoms with Gasteiger partial charge >= 0.3 is 115 Å². The molecule has 24 heavy (non-hydrogen) atoms. The summed E-state index contributed by atoms with van der Waals surface area (Å²) in [5.41, 5.74) is 5.43. The molecule has 127 valence electrons. The van der Waals surface area contributed by atoms with Crippen molar-refractivity contribution in [2.45, 2.75) is 24.7 Å². The topological polar surface area (TPSA) is 77.2 Å². The molecule has 2 unspecified atom stereocenters. The fraction of sp³-hybridized carbons (Fsp3) is 0.312. The molecular formula is C16H16BrClInNO3S-. The predicted molar refractivity (Wildman–Crippen MR) is 99.1 cm³/mol. The molecule has 1 fully saturated rings. The maximum Gasteiger partial charge on any atom is -0.0469 e. The molecule has 1 aliphatic heterocycles. The van der Waals surface area contributed by atoms with Crippen LogP contribution in [0.15, 0.2) is 51.9 Å². The molecule has 1 aromatic rings. The number of hydrogen-bond acceptors (Lipinski definition) is 4. The Morgan fingerprint density at radius 1 is 1.42 bits per heavy atom. The molecule has 1 heterocycles. The fourth-order valence-corrected chi connectivity index (χ4v) is 9.91. The van der Waals surface area contributed by atoms with Gasteiger partial charge in [0, 0.05) is 0 Å². The first-order valence-electron chi connectivity index (χ1n) is 7.27. The quantitative estimate of drug-likeness (QED) is 0.602. The van der Waals surface area contributed by atoms with Crippen LogP contribution in [-0.4, -0.2) is 28.8 Å². The normalized spacial score (nSPS) is 24.8. The summed E-state index contributed by atoms with van der Waals surface area (Å²) >= 11 is 8.66. The first-order valence-corrected chi connectivity index (χ1v) is 12.8. The average molecular weight is 533 g/mol. The number of allylic oxidation sites excluding steroid dienone is 3. The van der Waals surface area contributed by atoms with Crippen LogP contribution in [0.3, 0.4) is 0 Å². The third kappa shape index (κ3) is 5.38. The van der Waals surface area contributed by atoms with Crippen molar-refractivity contribution in [1.82, 2.24) is 0 Å². The summed E-state index contributed by atoms with van der Waals surface area (Å²) in [4.78, 5) is 11.4. The molecule has 1 aromatic carbocycles. The Balaban J connectivity index is 0.000000198. The number of amides is 1. The van der Waals surface area contributed by atoms with Gasteiger partial charge in [-0.15, -0.1) is 0 Å². The van der Waals surface area contributed by atoms with E-state index >= 15 is 0 Å². The zero-order valence-electron chi connectivity index (χ0n) is 13.0. The van der Waals surface area contributed by atoms with E-state index in [2.05, 4.69) is 22.9 Å². The number of carbonyl (C=O) groups is 1. The third-order valence-electron chi connectivity index (χ3n) is 4.11. The van der Waals surface area contributed by atoms with Gasteiger partial charge < -0.3 is 8.42 Å². The molecule has 1 saturated carbocycles. The van der Waals surface area contributed by atoms with Crippen molar-refractivity contribution in [3.05, 3.63) is 47.0 Å². The van der Waals surface area contributed by atoms with E-state index in [1.807, 2.05) is 6.08 Å². The second kappa shape index (κ2) is 8.43. The van der Waals surface area contributed by atoms with Gasteiger partial charge in [0.2, 0.25) is 0 Å². The third-order valence-corrected chi connectivity index (χ3v) is 11.3. The van der Waals surface area contributed by atoms with Crippen LogP contribution in [0.4, 0.5) is 0 Å². The number of halogens is 2. The summed E-state index contributed by atoms with van der Waals surface area (Å²) < 4.78 is 24.1. The van der Waals surface area contributed by atoms with E-state index in [1.165, 1.54) is 3.33 Å². The number of carbonyl (C=O) groups excluding carboxylic acids is 1. The Kier molecular flexibility index (Phi) is 7.05. The van der Waals surface area contributed by atoms with Crippen LogP contribution >= 0.6 is 27.5 Å². The second-order valence-electron chi connectivity index (χ2n) is 6.08. The van der Waals surface area contributed by atoms with E-state index < -0.39 is 33.6 Å². The van der Waals surface area contributed by atoms with E-state index in [1.54, 1.807) is 30.3 Å². The second-order valence-corrected chi connectivity index (χ2v) is 13.9. The molecule has 1 amide bonds. The Bertz CT molecular complexity index is 771. The summed E-state index contributed by atoms with van der Waals surface area (Å²) in [6.07, 6.45) is 3.95. The van der Waals surface area contributed by atoms with E-state index in [9.17, 15) is 13.2 Å². The summed E-state index contributed by atoms with van der Waals surface area (Å²) in [6, 6.07) is 8.23. The number of hydrogen-bond donors (Lipinski definition) is 1. The van der Waals surface area contributed by atoms with Crippen LogP contribution in [-0.2, 0) is 23.9 Å². The zero-order valence-corrected chi connectivity index (χ0v) is 19.5. The molecular weight excluding hydrogens is 516 g/mol. The van der Waals surface area contributed by atoms with Crippen LogP contribution < -0.4 is 5.73 Å². The van der Waals surface area contributed by atoms with Gasteiger partial charge in [-0.05, 0) is 10.7 Å². The van der Waals surface area contributed by atoms with Gasteiger partial charge in [0.15, 0.2) is 0 Å². The van der Waals surface area contributed by atoms with Crippen LogP contribution in [0.2, 0.25) is 0 Å². The maximum absolute atomic E-state index is 11.1. The van der Waals surface area contributed by atoms with Crippen molar-refractivity contribution in [3.63, 3.8) is 0 Å². The predicted octanol–water partition coefficient (Wildman–Crippen LogP) is 3.65. The van der Waals surface area contributed by atoms with Crippen molar-refractivity contribution in [1.29, 1.82) is 0 Å². The number of nitrogens with two attached hydrogens (primary N) is 1. The first-order chi connectivity index (χ1) is 11.2. The van der Waals surface area contributed by atoms with Gasteiger partial charge in [0.25, 0.3) is 0 Å². The van der Waals surface area contributed by atoms with Gasteiger partial charge in [-0.25, -0.2) is 0 Å². The maximum atomic E-state index is 11.1. The van der Waals surface area contributed by atoms with Crippen molar-refractivity contribution < 1.29 is 13.2 Å². The largest absolute Gasteiger partial charge is 0.420 e. The van der Waals surface area contributed by atoms with E-state index in [0.29, 0.717) is 4.90 Å². The van der Waals surface area contributed by atoms with Crippen molar-refractivity contribution in [3.8, 4) is 0 Å². The molecule has 1 aliphatic carbocycles. The van der Waals surface area contributed by atoms with Crippen LogP contribution in [0, 0.1) is 11.3 Å². The van der Waals surface area contributed by atoms with Gasteiger partial charge in [-0.1, -0.05) is 35.2 Å². The average Bonchev–Trinajstić information content (AvgIpc) is 3.09. The summed E-state index contributed by atoms with van der Waals surface area (Å²) in [6.45, 7) is 2.14. The Morgan fingerprint density at radius 3 is 2.42 bits per heavy atom. The van der Waals surface area contributed by atoms with E-state index in [4.69, 9.17) is 17.3 Å². The van der Waals surface area contributed by atoms with Crippen LogP contribution in [0.25, 0.3) is 0 Å². The zero-order chi connectivity index (χ0) is 17.9. The van der Waals surface area contributed by atoms with Gasteiger partial charge in [-0.3, -0.25) is 0 Å². The molecule has 1 radical (unpaired) electrons. The molecule has 2 atom stereocenters. The Hall–Kier alpha value is -0.240.